The molecule has 7 heteroatoms. The van der Waals surface area contributed by atoms with E-state index < -0.39 is 0 Å². The van der Waals surface area contributed by atoms with Crippen LogP contribution in [-0.4, -0.2) is 29.1 Å². The second kappa shape index (κ2) is 7.52. The van der Waals surface area contributed by atoms with Gasteiger partial charge in [0.05, 0.1) is 13.0 Å². The third kappa shape index (κ3) is 5.09. The molecule has 1 heterocycles. The summed E-state index contributed by atoms with van der Waals surface area (Å²) in [5.74, 6) is 7.19. The number of esters is 1. The maximum atomic E-state index is 11.2. The maximum absolute atomic E-state index is 11.2. The first-order valence-electron chi connectivity index (χ1n) is 6.31. The summed E-state index contributed by atoms with van der Waals surface area (Å²) in [5.41, 5.74) is 2.50. The molecular formula is C12H21N5O2. The smallest absolute Gasteiger partial charge is 0.307 e. The van der Waals surface area contributed by atoms with Gasteiger partial charge < -0.3 is 15.5 Å². The van der Waals surface area contributed by atoms with Crippen LogP contribution < -0.4 is 16.6 Å². The number of carbonyl (C=O) groups excluding carboxylic acids is 1. The van der Waals surface area contributed by atoms with Crippen LogP contribution in [0.5, 0.6) is 0 Å². The molecule has 0 aliphatic rings. The van der Waals surface area contributed by atoms with E-state index in [1.807, 2.05) is 13.8 Å². The second-order valence-corrected chi connectivity index (χ2v) is 4.28. The van der Waals surface area contributed by atoms with E-state index in [0.29, 0.717) is 37.0 Å². The van der Waals surface area contributed by atoms with Crippen LogP contribution in [0.4, 0.5) is 11.6 Å². The molecule has 0 fully saturated rings. The zero-order chi connectivity index (χ0) is 14.3. The van der Waals surface area contributed by atoms with Crippen molar-refractivity contribution in [2.75, 3.05) is 23.9 Å². The Balaban J connectivity index is 2.62. The Morgan fingerprint density at radius 2 is 2.11 bits per heavy atom. The Bertz CT molecular complexity index is 423. The van der Waals surface area contributed by atoms with Gasteiger partial charge in [0.15, 0.2) is 0 Å². The van der Waals surface area contributed by atoms with Crippen molar-refractivity contribution in [2.24, 2.45) is 5.84 Å². The predicted molar refractivity (Wildman–Crippen MR) is 73.7 cm³/mol. The quantitative estimate of drug-likeness (QED) is 0.388. The molecule has 0 radical (unpaired) electrons. The van der Waals surface area contributed by atoms with Crippen LogP contribution >= 0.6 is 0 Å². The highest BCUT2D eigenvalue weighted by Crippen LogP contribution is 2.16. The Hall–Kier alpha value is -1.89. The van der Waals surface area contributed by atoms with E-state index in [9.17, 15) is 4.79 Å². The highest BCUT2D eigenvalue weighted by atomic mass is 16.5. The molecule has 0 amide bonds. The van der Waals surface area contributed by atoms with E-state index in [2.05, 4.69) is 20.7 Å². The molecule has 0 spiro atoms. The van der Waals surface area contributed by atoms with E-state index in [1.54, 1.807) is 13.0 Å². The molecule has 0 aliphatic heterocycles. The summed E-state index contributed by atoms with van der Waals surface area (Å²) in [5, 5.41) is 3.06. The fourth-order valence-electron chi connectivity index (χ4n) is 1.41. The van der Waals surface area contributed by atoms with Gasteiger partial charge in [0, 0.05) is 18.5 Å². The van der Waals surface area contributed by atoms with Gasteiger partial charge in [0.2, 0.25) is 0 Å². The number of hydrazine groups is 1. The van der Waals surface area contributed by atoms with Gasteiger partial charge in [-0.3, -0.25) is 4.79 Å². The lowest BCUT2D eigenvalue weighted by Crippen LogP contribution is -2.15. The number of carbonyl (C=O) groups is 1. The highest BCUT2D eigenvalue weighted by Gasteiger charge is 2.08. The van der Waals surface area contributed by atoms with Crippen LogP contribution in [0.3, 0.4) is 0 Å². The van der Waals surface area contributed by atoms with E-state index in [4.69, 9.17) is 10.6 Å². The number of hydrogen-bond acceptors (Lipinski definition) is 7. The summed E-state index contributed by atoms with van der Waals surface area (Å²) in [6.45, 7) is 6.63. The van der Waals surface area contributed by atoms with E-state index >= 15 is 0 Å². The zero-order valence-electron chi connectivity index (χ0n) is 11.6. The Kier molecular flexibility index (Phi) is 6.01. The number of ether oxygens (including phenoxy) is 1. The molecule has 0 saturated carbocycles. The molecular weight excluding hydrogens is 246 g/mol. The second-order valence-electron chi connectivity index (χ2n) is 4.28. The van der Waals surface area contributed by atoms with Crippen LogP contribution in [-0.2, 0) is 9.53 Å². The van der Waals surface area contributed by atoms with Crippen LogP contribution in [0.2, 0.25) is 0 Å². The number of nitrogens with two attached hydrogens (primary N) is 1. The normalized spacial score (nSPS) is 10.4. The first-order chi connectivity index (χ1) is 9.06. The molecule has 1 aromatic heterocycles. The molecule has 1 rings (SSSR count). The zero-order valence-corrected chi connectivity index (χ0v) is 11.6. The average molecular weight is 267 g/mol. The molecule has 0 unspecified atom stereocenters. The number of anilines is 2. The van der Waals surface area contributed by atoms with Gasteiger partial charge >= 0.3 is 5.97 Å². The fraction of sp³-hybridized carbons (Fsp3) is 0.583. The summed E-state index contributed by atoms with van der Waals surface area (Å²) in [4.78, 5) is 19.8. The summed E-state index contributed by atoms with van der Waals surface area (Å²) in [6, 6.07) is 1.69. The van der Waals surface area contributed by atoms with Crippen LogP contribution in [0.1, 0.15) is 38.9 Å². The van der Waals surface area contributed by atoms with Crippen LogP contribution in [0.15, 0.2) is 6.07 Å². The molecule has 7 nitrogen and oxygen atoms in total. The van der Waals surface area contributed by atoms with Crippen molar-refractivity contribution in [1.29, 1.82) is 0 Å². The highest BCUT2D eigenvalue weighted by molar-refractivity contribution is 5.70. The van der Waals surface area contributed by atoms with Crippen molar-refractivity contribution in [3.8, 4) is 0 Å². The SMILES string of the molecule is CCOC(=O)CCNc1cc(NN)nc(C(C)C)n1. The minimum Gasteiger partial charge on any atom is -0.466 e. The minimum absolute atomic E-state index is 0.193. The maximum Gasteiger partial charge on any atom is 0.307 e. The number of nitrogen functional groups attached to an aromatic ring is 1. The van der Waals surface area contributed by atoms with Crippen molar-refractivity contribution in [1.82, 2.24) is 9.97 Å². The summed E-state index contributed by atoms with van der Waals surface area (Å²) in [6.07, 6.45) is 0.292. The first-order valence-corrected chi connectivity index (χ1v) is 6.31. The largest absolute Gasteiger partial charge is 0.466 e. The molecule has 0 atom stereocenters. The molecule has 0 aromatic carbocycles. The van der Waals surface area contributed by atoms with Crippen molar-refractivity contribution < 1.29 is 9.53 Å². The number of nitrogens with one attached hydrogen (secondary N) is 2. The average Bonchev–Trinajstić information content (AvgIpc) is 2.38. The van der Waals surface area contributed by atoms with E-state index in [1.165, 1.54) is 0 Å². The molecule has 0 bridgehead atoms. The van der Waals surface area contributed by atoms with Crippen molar-refractivity contribution >= 4 is 17.6 Å². The Morgan fingerprint density at radius 1 is 1.42 bits per heavy atom. The van der Waals surface area contributed by atoms with Crippen LogP contribution in [0, 0.1) is 0 Å². The number of aromatic nitrogens is 2. The standard InChI is InChI=1S/C12H21N5O2/c1-4-19-11(18)5-6-14-9-7-10(17-13)16-12(15-9)8(2)3/h7-8H,4-6,13H2,1-3H3,(H2,14,15,16,17). The van der Waals surface area contributed by atoms with E-state index in [-0.39, 0.29) is 11.9 Å². The van der Waals surface area contributed by atoms with Gasteiger partial charge in [-0.2, -0.15) is 0 Å². The third-order valence-corrected chi connectivity index (χ3v) is 2.35. The van der Waals surface area contributed by atoms with Crippen molar-refractivity contribution in [2.45, 2.75) is 33.1 Å². The number of nitrogens with zero attached hydrogens (tertiary/aromatic N) is 2. The van der Waals surface area contributed by atoms with Crippen molar-refractivity contribution in [3.05, 3.63) is 11.9 Å². The summed E-state index contributed by atoms with van der Waals surface area (Å²) in [7, 11) is 0. The van der Waals surface area contributed by atoms with Gasteiger partial charge in [-0.15, -0.1) is 0 Å². The third-order valence-electron chi connectivity index (χ3n) is 2.35. The van der Waals surface area contributed by atoms with Gasteiger partial charge in [0.1, 0.15) is 17.5 Å². The lowest BCUT2D eigenvalue weighted by atomic mass is 10.2. The first kappa shape index (κ1) is 15.2. The van der Waals surface area contributed by atoms with Crippen LogP contribution in [0.25, 0.3) is 0 Å². The molecule has 19 heavy (non-hydrogen) atoms. The topological polar surface area (TPSA) is 102 Å². The predicted octanol–water partition coefficient (Wildman–Crippen LogP) is 1.25. The Labute approximate surface area is 112 Å². The number of hydrogen-bond donors (Lipinski definition) is 3. The molecule has 106 valence electrons. The minimum atomic E-state index is -0.231. The fourth-order valence-corrected chi connectivity index (χ4v) is 1.41. The molecule has 0 saturated heterocycles. The molecule has 1 aromatic rings. The lowest BCUT2D eigenvalue weighted by molar-refractivity contribution is -0.142. The summed E-state index contributed by atoms with van der Waals surface area (Å²) >= 11 is 0. The van der Waals surface area contributed by atoms with Gasteiger partial charge in [-0.1, -0.05) is 13.8 Å². The van der Waals surface area contributed by atoms with Gasteiger partial charge in [0.25, 0.3) is 0 Å². The molecule has 4 N–H and O–H groups in total. The number of rotatable bonds is 7. The van der Waals surface area contributed by atoms with E-state index in [0.717, 1.165) is 0 Å². The van der Waals surface area contributed by atoms with Gasteiger partial charge in [-0.25, -0.2) is 15.8 Å². The van der Waals surface area contributed by atoms with Crippen molar-refractivity contribution in [3.63, 3.8) is 0 Å². The molecule has 0 aliphatic carbocycles. The summed E-state index contributed by atoms with van der Waals surface area (Å²) < 4.78 is 4.84. The monoisotopic (exact) mass is 267 g/mol. The van der Waals surface area contributed by atoms with Gasteiger partial charge in [-0.05, 0) is 6.92 Å². The Morgan fingerprint density at radius 3 is 2.68 bits per heavy atom. The lowest BCUT2D eigenvalue weighted by Gasteiger charge is -2.11.